The Bertz CT molecular complexity index is 722. The van der Waals surface area contributed by atoms with Gasteiger partial charge in [-0.05, 0) is 12.0 Å². The highest BCUT2D eigenvalue weighted by atomic mass is 35.5. The first-order chi connectivity index (χ1) is 9.79. The summed E-state index contributed by atoms with van der Waals surface area (Å²) < 4.78 is 0. The molecular weight excluding hydrogens is 288 g/mol. The normalized spacial score (nSPS) is 11.1. The van der Waals surface area contributed by atoms with E-state index >= 15 is 0 Å². The van der Waals surface area contributed by atoms with E-state index < -0.39 is 0 Å². The van der Waals surface area contributed by atoms with E-state index in [1.54, 1.807) is 11.3 Å². The number of hydrogen-bond donors (Lipinski definition) is 0. The lowest BCUT2D eigenvalue weighted by Gasteiger charge is -2.03. The quantitative estimate of drug-likeness (QED) is 0.607. The van der Waals surface area contributed by atoms with Crippen LogP contribution in [-0.2, 0) is 6.42 Å². The number of rotatable bonds is 4. The summed E-state index contributed by atoms with van der Waals surface area (Å²) in [5, 5.41) is 3.66. The van der Waals surface area contributed by atoms with Crippen molar-refractivity contribution in [3.8, 4) is 11.1 Å². The van der Waals surface area contributed by atoms with Crippen LogP contribution in [0.15, 0.2) is 35.7 Å². The van der Waals surface area contributed by atoms with Crippen molar-refractivity contribution in [3.63, 3.8) is 0 Å². The second-order valence-corrected chi connectivity index (χ2v) is 5.95. The van der Waals surface area contributed by atoms with Crippen molar-refractivity contribution in [2.75, 3.05) is 0 Å². The fraction of sp³-hybridized carbons (Fsp3) is 0.250. The number of halogens is 1. The van der Waals surface area contributed by atoms with Crippen LogP contribution in [0.1, 0.15) is 25.6 Å². The Morgan fingerprint density at radius 2 is 1.95 bits per heavy atom. The van der Waals surface area contributed by atoms with E-state index in [9.17, 15) is 0 Å². The molecule has 0 aliphatic carbocycles. The molecule has 1 aromatic carbocycles. The lowest BCUT2D eigenvalue weighted by atomic mass is 10.1. The highest BCUT2D eigenvalue weighted by Gasteiger charge is 2.13. The molecule has 0 amide bonds. The number of nitrogens with zero attached hydrogens (tertiary/aromatic N) is 2. The van der Waals surface area contributed by atoms with Crippen molar-refractivity contribution in [1.82, 2.24) is 9.97 Å². The fourth-order valence-corrected chi connectivity index (χ4v) is 3.53. The number of aromatic nitrogens is 2. The average molecular weight is 303 g/mol. The third-order valence-corrected chi connectivity index (χ3v) is 4.42. The molecule has 0 bridgehead atoms. The molecule has 2 heterocycles. The van der Waals surface area contributed by atoms with E-state index in [0.29, 0.717) is 5.15 Å². The minimum absolute atomic E-state index is 0.571. The maximum absolute atomic E-state index is 6.39. The standard InChI is InChI=1S/C16H15ClN2S/c1-2-3-9-13-18-15(17)14-12(10-20-16(14)19-13)11-7-5-4-6-8-11/h4-8,10H,2-3,9H2,1H3. The highest BCUT2D eigenvalue weighted by Crippen LogP contribution is 2.36. The molecular formula is C16H15ClN2S. The summed E-state index contributed by atoms with van der Waals surface area (Å²) in [6.07, 6.45) is 3.13. The molecule has 0 saturated carbocycles. The molecule has 0 atom stereocenters. The van der Waals surface area contributed by atoms with Crippen LogP contribution in [-0.4, -0.2) is 9.97 Å². The fourth-order valence-electron chi connectivity index (χ4n) is 2.22. The first-order valence-electron chi connectivity index (χ1n) is 6.78. The Morgan fingerprint density at radius 3 is 2.70 bits per heavy atom. The first-order valence-corrected chi connectivity index (χ1v) is 8.04. The second kappa shape index (κ2) is 5.90. The monoisotopic (exact) mass is 302 g/mol. The summed E-state index contributed by atoms with van der Waals surface area (Å²) in [6.45, 7) is 2.17. The molecule has 0 aliphatic heterocycles. The number of benzene rings is 1. The predicted molar refractivity (Wildman–Crippen MR) is 86.5 cm³/mol. The maximum atomic E-state index is 6.39. The summed E-state index contributed by atoms with van der Waals surface area (Å²) in [5.74, 6) is 0.853. The topological polar surface area (TPSA) is 25.8 Å². The highest BCUT2D eigenvalue weighted by molar-refractivity contribution is 7.17. The van der Waals surface area contributed by atoms with Crippen LogP contribution in [0.4, 0.5) is 0 Å². The molecule has 0 radical (unpaired) electrons. The Balaban J connectivity index is 2.09. The van der Waals surface area contributed by atoms with Gasteiger partial charge in [-0.25, -0.2) is 9.97 Å². The van der Waals surface area contributed by atoms with Crippen LogP contribution in [0.25, 0.3) is 21.3 Å². The smallest absolute Gasteiger partial charge is 0.142 e. The van der Waals surface area contributed by atoms with E-state index in [1.165, 1.54) is 0 Å². The summed E-state index contributed by atoms with van der Waals surface area (Å²) in [6, 6.07) is 10.2. The van der Waals surface area contributed by atoms with Crippen molar-refractivity contribution < 1.29 is 0 Å². The van der Waals surface area contributed by atoms with Gasteiger partial charge in [-0.1, -0.05) is 55.3 Å². The van der Waals surface area contributed by atoms with E-state index in [-0.39, 0.29) is 0 Å². The van der Waals surface area contributed by atoms with Crippen molar-refractivity contribution in [2.24, 2.45) is 0 Å². The van der Waals surface area contributed by atoms with E-state index in [1.807, 2.05) is 18.2 Å². The van der Waals surface area contributed by atoms with Gasteiger partial charge in [0, 0.05) is 17.4 Å². The summed E-state index contributed by atoms with van der Waals surface area (Å²) in [5.41, 5.74) is 2.28. The molecule has 0 fully saturated rings. The zero-order valence-electron chi connectivity index (χ0n) is 11.3. The van der Waals surface area contributed by atoms with E-state index in [0.717, 1.165) is 46.4 Å². The lowest BCUT2D eigenvalue weighted by Crippen LogP contribution is -1.95. The van der Waals surface area contributed by atoms with Crippen LogP contribution in [0.3, 0.4) is 0 Å². The minimum Gasteiger partial charge on any atom is -0.222 e. The molecule has 20 heavy (non-hydrogen) atoms. The van der Waals surface area contributed by atoms with Crippen LogP contribution in [0.5, 0.6) is 0 Å². The van der Waals surface area contributed by atoms with Gasteiger partial charge in [0.1, 0.15) is 15.8 Å². The number of thiophene rings is 1. The maximum Gasteiger partial charge on any atom is 0.142 e. The van der Waals surface area contributed by atoms with Crippen LogP contribution in [0, 0.1) is 0 Å². The molecule has 0 aliphatic rings. The molecule has 0 saturated heterocycles. The van der Waals surface area contributed by atoms with Gasteiger partial charge < -0.3 is 0 Å². The Morgan fingerprint density at radius 1 is 1.15 bits per heavy atom. The van der Waals surface area contributed by atoms with Gasteiger partial charge in [-0.2, -0.15) is 0 Å². The number of hydrogen-bond acceptors (Lipinski definition) is 3. The van der Waals surface area contributed by atoms with E-state index in [2.05, 4.69) is 34.4 Å². The molecule has 102 valence electrons. The van der Waals surface area contributed by atoms with Gasteiger partial charge in [0.15, 0.2) is 0 Å². The molecule has 0 spiro atoms. The first kappa shape index (κ1) is 13.5. The summed E-state index contributed by atoms with van der Waals surface area (Å²) >= 11 is 8.03. The van der Waals surface area contributed by atoms with Gasteiger partial charge in [-0.15, -0.1) is 11.3 Å². The van der Waals surface area contributed by atoms with E-state index in [4.69, 9.17) is 11.6 Å². The predicted octanol–water partition coefficient (Wildman–Crippen LogP) is 5.35. The van der Waals surface area contributed by atoms with Crippen LogP contribution < -0.4 is 0 Å². The molecule has 3 rings (SSSR count). The van der Waals surface area contributed by atoms with Crippen molar-refractivity contribution in [2.45, 2.75) is 26.2 Å². The van der Waals surface area contributed by atoms with Gasteiger partial charge in [-0.3, -0.25) is 0 Å². The summed E-state index contributed by atoms with van der Waals surface area (Å²) in [4.78, 5) is 10.1. The largest absolute Gasteiger partial charge is 0.222 e. The van der Waals surface area contributed by atoms with Gasteiger partial charge in [0.05, 0.1) is 5.39 Å². The second-order valence-electron chi connectivity index (χ2n) is 4.73. The Kier molecular flexibility index (Phi) is 3.99. The summed E-state index contributed by atoms with van der Waals surface area (Å²) in [7, 11) is 0. The SMILES string of the molecule is CCCCc1nc(Cl)c2c(-c3ccccc3)csc2n1. The lowest BCUT2D eigenvalue weighted by molar-refractivity contribution is 0.757. The van der Waals surface area contributed by atoms with Crippen molar-refractivity contribution in [3.05, 3.63) is 46.7 Å². The minimum atomic E-state index is 0.571. The third-order valence-electron chi connectivity index (χ3n) is 3.27. The van der Waals surface area contributed by atoms with Gasteiger partial charge >= 0.3 is 0 Å². The van der Waals surface area contributed by atoms with Crippen molar-refractivity contribution >= 4 is 33.2 Å². The Hall–Kier alpha value is -1.45. The molecule has 2 aromatic heterocycles. The molecule has 3 aromatic rings. The molecule has 2 nitrogen and oxygen atoms in total. The van der Waals surface area contributed by atoms with Crippen molar-refractivity contribution in [1.29, 1.82) is 0 Å². The average Bonchev–Trinajstić information content (AvgIpc) is 2.90. The van der Waals surface area contributed by atoms with Crippen LogP contribution >= 0.6 is 22.9 Å². The molecule has 0 N–H and O–H groups in total. The van der Waals surface area contributed by atoms with Gasteiger partial charge in [0.25, 0.3) is 0 Å². The Labute approximate surface area is 127 Å². The zero-order valence-corrected chi connectivity index (χ0v) is 12.8. The number of unbranched alkanes of at least 4 members (excludes halogenated alkanes) is 1. The molecule has 0 unspecified atom stereocenters. The number of aryl methyl sites for hydroxylation is 1. The van der Waals surface area contributed by atoms with Crippen LogP contribution in [0.2, 0.25) is 5.15 Å². The number of fused-ring (bicyclic) bond motifs is 1. The van der Waals surface area contributed by atoms with Gasteiger partial charge in [0.2, 0.25) is 0 Å². The molecule has 4 heteroatoms. The zero-order chi connectivity index (χ0) is 13.9. The third kappa shape index (κ3) is 2.56.